The number of aromatic nitrogens is 2. The summed E-state index contributed by atoms with van der Waals surface area (Å²) in [5.74, 6) is -0.578. The van der Waals surface area contributed by atoms with Crippen LogP contribution in [0.3, 0.4) is 0 Å². The van der Waals surface area contributed by atoms with E-state index in [2.05, 4.69) is 18.8 Å². The Bertz CT molecular complexity index is 964. The maximum absolute atomic E-state index is 14.6. The Morgan fingerprint density at radius 1 is 1.30 bits per heavy atom. The van der Waals surface area contributed by atoms with E-state index in [1.54, 1.807) is 31.2 Å². The normalized spacial score (nSPS) is 11.1. The van der Waals surface area contributed by atoms with Crippen LogP contribution >= 0.6 is 0 Å². The van der Waals surface area contributed by atoms with Crippen molar-refractivity contribution in [3.63, 3.8) is 0 Å². The number of carbonyl (C=O) groups is 1. The summed E-state index contributed by atoms with van der Waals surface area (Å²) in [4.78, 5) is 16.2. The first-order chi connectivity index (χ1) is 12.9. The third kappa shape index (κ3) is 3.86. The molecule has 27 heavy (non-hydrogen) atoms. The van der Waals surface area contributed by atoms with Crippen molar-refractivity contribution < 1.29 is 23.8 Å². The van der Waals surface area contributed by atoms with Gasteiger partial charge in [-0.1, -0.05) is 13.8 Å². The van der Waals surface area contributed by atoms with Crippen LogP contribution in [0, 0.1) is 11.7 Å². The van der Waals surface area contributed by atoms with Gasteiger partial charge in [0.25, 0.3) is 0 Å². The molecule has 0 spiro atoms. The van der Waals surface area contributed by atoms with Crippen LogP contribution in [-0.2, 0) is 4.74 Å². The number of esters is 1. The second-order valence-electron chi connectivity index (χ2n) is 6.49. The van der Waals surface area contributed by atoms with Crippen molar-refractivity contribution in [2.75, 3.05) is 13.2 Å². The molecule has 1 N–H and O–H groups in total. The van der Waals surface area contributed by atoms with Gasteiger partial charge in [-0.2, -0.15) is 0 Å². The van der Waals surface area contributed by atoms with Crippen LogP contribution in [0.4, 0.5) is 4.39 Å². The SMILES string of the molecule is CCOC(=O)c1c(O)cc2nc(-c3ccc(OCC(C)C)cc3)c(F)cn12. The third-order valence-corrected chi connectivity index (χ3v) is 3.87. The molecule has 0 bridgehead atoms. The first kappa shape index (κ1) is 18.7. The van der Waals surface area contributed by atoms with Crippen LogP contribution in [0.5, 0.6) is 11.5 Å². The number of aromatic hydroxyl groups is 1. The van der Waals surface area contributed by atoms with E-state index >= 15 is 0 Å². The zero-order valence-electron chi connectivity index (χ0n) is 15.4. The van der Waals surface area contributed by atoms with E-state index in [1.165, 1.54) is 10.5 Å². The molecule has 0 aliphatic carbocycles. The van der Waals surface area contributed by atoms with E-state index in [-0.39, 0.29) is 29.4 Å². The van der Waals surface area contributed by atoms with Crippen molar-refractivity contribution in [3.05, 3.63) is 48.0 Å². The van der Waals surface area contributed by atoms with Gasteiger partial charge in [0.15, 0.2) is 17.3 Å². The standard InChI is InChI=1S/C20H21FN2O4/c1-4-26-20(25)19-16(24)9-17-22-18(15(21)10-23(17)19)13-5-7-14(8-6-13)27-11-12(2)3/h5-10,12,24H,4,11H2,1-3H3. The average Bonchev–Trinajstić information content (AvgIpc) is 2.94. The predicted molar refractivity (Wildman–Crippen MR) is 98.5 cm³/mol. The number of nitrogens with zero attached hydrogens (tertiary/aromatic N) is 2. The van der Waals surface area contributed by atoms with Crippen molar-refractivity contribution in [3.8, 4) is 22.8 Å². The second-order valence-corrected chi connectivity index (χ2v) is 6.49. The summed E-state index contributed by atoms with van der Waals surface area (Å²) in [5, 5.41) is 10.0. The summed E-state index contributed by atoms with van der Waals surface area (Å²) in [7, 11) is 0. The fourth-order valence-corrected chi connectivity index (χ4v) is 2.63. The summed E-state index contributed by atoms with van der Waals surface area (Å²) in [6, 6.07) is 8.24. The van der Waals surface area contributed by atoms with Gasteiger partial charge >= 0.3 is 5.97 Å². The maximum atomic E-state index is 14.6. The molecule has 0 aliphatic rings. The zero-order valence-corrected chi connectivity index (χ0v) is 15.4. The number of rotatable bonds is 6. The summed E-state index contributed by atoms with van der Waals surface area (Å²) >= 11 is 0. The van der Waals surface area contributed by atoms with Gasteiger partial charge in [0.1, 0.15) is 17.1 Å². The van der Waals surface area contributed by atoms with E-state index in [0.29, 0.717) is 23.8 Å². The van der Waals surface area contributed by atoms with Crippen molar-refractivity contribution in [1.82, 2.24) is 9.38 Å². The molecule has 142 valence electrons. The molecule has 0 saturated heterocycles. The van der Waals surface area contributed by atoms with Crippen LogP contribution < -0.4 is 4.74 Å². The van der Waals surface area contributed by atoms with E-state index in [9.17, 15) is 14.3 Å². The molecule has 1 aromatic carbocycles. The lowest BCUT2D eigenvalue weighted by atomic mass is 10.1. The molecule has 0 fully saturated rings. The van der Waals surface area contributed by atoms with Gasteiger partial charge in [-0.3, -0.25) is 4.40 Å². The lowest BCUT2D eigenvalue weighted by molar-refractivity contribution is 0.0515. The van der Waals surface area contributed by atoms with Crippen LogP contribution in [-0.4, -0.2) is 33.7 Å². The van der Waals surface area contributed by atoms with E-state index in [1.807, 2.05) is 0 Å². The van der Waals surface area contributed by atoms with Gasteiger partial charge in [0.05, 0.1) is 13.2 Å². The molecular formula is C20H21FN2O4. The summed E-state index contributed by atoms with van der Waals surface area (Å²) in [5.41, 5.74) is 0.769. The lowest BCUT2D eigenvalue weighted by Gasteiger charge is -2.10. The van der Waals surface area contributed by atoms with E-state index in [0.717, 1.165) is 6.20 Å². The highest BCUT2D eigenvalue weighted by Crippen LogP contribution is 2.28. The van der Waals surface area contributed by atoms with Crippen LogP contribution in [0.25, 0.3) is 16.9 Å². The lowest BCUT2D eigenvalue weighted by Crippen LogP contribution is -2.09. The molecule has 0 atom stereocenters. The van der Waals surface area contributed by atoms with Crippen molar-refractivity contribution in [2.24, 2.45) is 5.92 Å². The summed E-state index contributed by atoms with van der Waals surface area (Å²) in [6.07, 6.45) is 1.12. The van der Waals surface area contributed by atoms with Crippen LogP contribution in [0.15, 0.2) is 36.5 Å². The monoisotopic (exact) mass is 372 g/mol. The molecular weight excluding hydrogens is 351 g/mol. The maximum Gasteiger partial charge on any atom is 0.359 e. The highest BCUT2D eigenvalue weighted by atomic mass is 19.1. The Kier molecular flexibility index (Phi) is 5.30. The Morgan fingerprint density at radius 3 is 2.63 bits per heavy atom. The highest BCUT2D eigenvalue weighted by molar-refractivity contribution is 5.92. The van der Waals surface area contributed by atoms with E-state index in [4.69, 9.17) is 9.47 Å². The van der Waals surface area contributed by atoms with Gasteiger partial charge in [-0.15, -0.1) is 0 Å². The van der Waals surface area contributed by atoms with E-state index < -0.39 is 11.8 Å². The molecule has 0 saturated carbocycles. The molecule has 0 aliphatic heterocycles. The number of hydrogen-bond acceptors (Lipinski definition) is 5. The average molecular weight is 372 g/mol. The number of fused-ring (bicyclic) bond motifs is 1. The first-order valence-electron chi connectivity index (χ1n) is 8.71. The summed E-state index contributed by atoms with van der Waals surface area (Å²) < 4.78 is 26.4. The summed E-state index contributed by atoms with van der Waals surface area (Å²) in [6.45, 7) is 6.50. The first-order valence-corrected chi connectivity index (χ1v) is 8.71. The number of halogens is 1. The predicted octanol–water partition coefficient (Wildman–Crippen LogP) is 4.06. The van der Waals surface area contributed by atoms with Gasteiger partial charge in [0, 0.05) is 17.8 Å². The fourth-order valence-electron chi connectivity index (χ4n) is 2.63. The molecule has 2 aromatic heterocycles. The van der Waals surface area contributed by atoms with Crippen molar-refractivity contribution in [2.45, 2.75) is 20.8 Å². The van der Waals surface area contributed by atoms with Gasteiger partial charge in [0.2, 0.25) is 0 Å². The molecule has 0 radical (unpaired) electrons. The fraction of sp³-hybridized carbons (Fsp3) is 0.300. The Morgan fingerprint density at radius 2 is 2.00 bits per heavy atom. The second kappa shape index (κ2) is 7.65. The third-order valence-electron chi connectivity index (χ3n) is 3.87. The topological polar surface area (TPSA) is 73.1 Å². The molecule has 0 amide bonds. The number of benzene rings is 1. The molecule has 3 rings (SSSR count). The minimum Gasteiger partial charge on any atom is -0.505 e. The van der Waals surface area contributed by atoms with Gasteiger partial charge in [-0.05, 0) is 37.1 Å². The van der Waals surface area contributed by atoms with Gasteiger partial charge in [-0.25, -0.2) is 14.2 Å². The van der Waals surface area contributed by atoms with Crippen molar-refractivity contribution in [1.29, 1.82) is 0 Å². The molecule has 3 aromatic rings. The number of ether oxygens (including phenoxy) is 2. The van der Waals surface area contributed by atoms with Crippen LogP contribution in [0.1, 0.15) is 31.3 Å². The van der Waals surface area contributed by atoms with Gasteiger partial charge < -0.3 is 14.6 Å². The molecule has 2 heterocycles. The minimum absolute atomic E-state index is 0.116. The van der Waals surface area contributed by atoms with Crippen molar-refractivity contribution >= 4 is 11.6 Å². The largest absolute Gasteiger partial charge is 0.505 e. The number of hydrogen-bond donors (Lipinski definition) is 1. The molecule has 0 unspecified atom stereocenters. The quantitative estimate of drug-likeness (QED) is 0.661. The molecule has 6 nitrogen and oxygen atoms in total. The Labute approximate surface area is 156 Å². The van der Waals surface area contributed by atoms with Crippen LogP contribution in [0.2, 0.25) is 0 Å². The minimum atomic E-state index is -0.740. The Balaban J connectivity index is 1.96. The Hall–Kier alpha value is -3.09. The highest BCUT2D eigenvalue weighted by Gasteiger charge is 2.21. The smallest absolute Gasteiger partial charge is 0.359 e. The zero-order chi connectivity index (χ0) is 19.6. The molecule has 7 heteroatoms. The number of carbonyl (C=O) groups excluding carboxylic acids is 1.